The van der Waals surface area contributed by atoms with Crippen molar-refractivity contribution in [3.63, 3.8) is 0 Å². The summed E-state index contributed by atoms with van der Waals surface area (Å²) < 4.78 is 1.06. The highest BCUT2D eigenvalue weighted by Gasteiger charge is 2.09. The summed E-state index contributed by atoms with van der Waals surface area (Å²) >= 11 is 3.43. The maximum atomic E-state index is 6.31. The standard InChI is InChI=1S/C16H13BrN2/c17-14-7-5-12(6-8-14)16(18)13-4-3-11-2-1-9-19-15(11)10-13/h1-10,16H,18H2. The largest absolute Gasteiger partial charge is 0.320 e. The minimum absolute atomic E-state index is 0.125. The van der Waals surface area contributed by atoms with Gasteiger partial charge in [0.05, 0.1) is 11.6 Å². The van der Waals surface area contributed by atoms with E-state index in [4.69, 9.17) is 5.73 Å². The fraction of sp³-hybridized carbons (Fsp3) is 0.0625. The van der Waals surface area contributed by atoms with Crippen molar-refractivity contribution in [3.8, 4) is 0 Å². The molecule has 1 aromatic heterocycles. The molecule has 1 atom stereocenters. The Morgan fingerprint density at radius 3 is 2.47 bits per heavy atom. The second-order valence-electron chi connectivity index (χ2n) is 4.48. The summed E-state index contributed by atoms with van der Waals surface area (Å²) in [5, 5.41) is 1.13. The van der Waals surface area contributed by atoms with E-state index >= 15 is 0 Å². The second-order valence-corrected chi connectivity index (χ2v) is 5.40. The molecule has 0 aliphatic rings. The lowest BCUT2D eigenvalue weighted by atomic mass is 9.98. The zero-order valence-electron chi connectivity index (χ0n) is 10.3. The van der Waals surface area contributed by atoms with Crippen molar-refractivity contribution >= 4 is 26.8 Å². The summed E-state index contributed by atoms with van der Waals surface area (Å²) in [6, 6.07) is 18.2. The summed E-state index contributed by atoms with van der Waals surface area (Å²) in [4.78, 5) is 4.37. The molecule has 2 nitrogen and oxygen atoms in total. The molecule has 3 heteroatoms. The molecule has 2 aromatic carbocycles. The molecule has 2 N–H and O–H groups in total. The van der Waals surface area contributed by atoms with Gasteiger partial charge < -0.3 is 5.73 Å². The Labute approximate surface area is 120 Å². The van der Waals surface area contributed by atoms with E-state index in [9.17, 15) is 0 Å². The van der Waals surface area contributed by atoms with E-state index in [1.54, 1.807) is 6.20 Å². The molecule has 0 radical (unpaired) electrons. The van der Waals surface area contributed by atoms with E-state index < -0.39 is 0 Å². The quantitative estimate of drug-likeness (QED) is 0.775. The van der Waals surface area contributed by atoms with Crippen molar-refractivity contribution in [1.82, 2.24) is 4.98 Å². The van der Waals surface area contributed by atoms with Gasteiger partial charge in [-0.25, -0.2) is 0 Å². The molecule has 0 saturated carbocycles. The van der Waals surface area contributed by atoms with Crippen molar-refractivity contribution in [3.05, 3.63) is 76.4 Å². The maximum absolute atomic E-state index is 6.31. The normalized spacial score (nSPS) is 12.5. The van der Waals surface area contributed by atoms with Crippen LogP contribution in [0.2, 0.25) is 0 Å². The number of nitrogens with zero attached hydrogens (tertiary/aromatic N) is 1. The predicted octanol–water partition coefficient (Wildman–Crippen LogP) is 4.05. The number of benzene rings is 2. The number of fused-ring (bicyclic) bond motifs is 1. The van der Waals surface area contributed by atoms with E-state index in [2.05, 4.69) is 45.2 Å². The Morgan fingerprint density at radius 1 is 0.947 bits per heavy atom. The van der Waals surface area contributed by atoms with E-state index in [1.165, 1.54) is 0 Å². The smallest absolute Gasteiger partial charge is 0.0705 e. The number of rotatable bonds is 2. The molecule has 0 aliphatic heterocycles. The van der Waals surface area contributed by atoms with E-state index in [0.717, 1.165) is 26.5 Å². The van der Waals surface area contributed by atoms with Crippen LogP contribution in [0.15, 0.2) is 65.3 Å². The van der Waals surface area contributed by atoms with Gasteiger partial charge in [0.15, 0.2) is 0 Å². The number of halogens is 1. The molecular formula is C16H13BrN2. The lowest BCUT2D eigenvalue weighted by Crippen LogP contribution is -2.11. The molecule has 1 unspecified atom stereocenters. The first-order valence-electron chi connectivity index (χ1n) is 6.10. The molecular weight excluding hydrogens is 300 g/mol. The first-order chi connectivity index (χ1) is 9.24. The fourth-order valence-corrected chi connectivity index (χ4v) is 2.40. The molecule has 19 heavy (non-hydrogen) atoms. The lowest BCUT2D eigenvalue weighted by molar-refractivity contribution is 0.872. The predicted molar refractivity (Wildman–Crippen MR) is 81.9 cm³/mol. The first-order valence-corrected chi connectivity index (χ1v) is 6.89. The first kappa shape index (κ1) is 12.3. The summed E-state index contributed by atoms with van der Waals surface area (Å²) in [7, 11) is 0. The molecule has 3 rings (SSSR count). The molecule has 0 bridgehead atoms. The topological polar surface area (TPSA) is 38.9 Å². The monoisotopic (exact) mass is 312 g/mol. The third-order valence-corrected chi connectivity index (χ3v) is 3.75. The van der Waals surface area contributed by atoms with Crippen molar-refractivity contribution < 1.29 is 0 Å². The van der Waals surface area contributed by atoms with Crippen LogP contribution in [0.3, 0.4) is 0 Å². The van der Waals surface area contributed by atoms with Crippen LogP contribution in [0.5, 0.6) is 0 Å². The Bertz CT molecular complexity index is 707. The number of nitrogens with two attached hydrogens (primary N) is 1. The number of aromatic nitrogens is 1. The SMILES string of the molecule is NC(c1ccc(Br)cc1)c1ccc2cccnc2c1. The van der Waals surface area contributed by atoms with Crippen molar-refractivity contribution in [2.75, 3.05) is 0 Å². The van der Waals surface area contributed by atoms with Crippen molar-refractivity contribution in [1.29, 1.82) is 0 Å². The molecule has 1 heterocycles. The maximum Gasteiger partial charge on any atom is 0.0705 e. The minimum Gasteiger partial charge on any atom is -0.320 e. The average molecular weight is 313 g/mol. The van der Waals surface area contributed by atoms with Crippen LogP contribution < -0.4 is 5.73 Å². The summed E-state index contributed by atoms with van der Waals surface area (Å²) in [6.45, 7) is 0. The van der Waals surface area contributed by atoms with Gasteiger partial charge in [0.1, 0.15) is 0 Å². The van der Waals surface area contributed by atoms with Gasteiger partial charge in [-0.05, 0) is 35.4 Å². The third-order valence-electron chi connectivity index (χ3n) is 3.22. The van der Waals surface area contributed by atoms with Gasteiger partial charge in [-0.2, -0.15) is 0 Å². The summed E-state index contributed by atoms with van der Waals surface area (Å²) in [5.74, 6) is 0. The third kappa shape index (κ3) is 2.53. The fourth-order valence-electron chi connectivity index (χ4n) is 2.14. The molecule has 94 valence electrons. The van der Waals surface area contributed by atoms with Gasteiger partial charge >= 0.3 is 0 Å². The van der Waals surface area contributed by atoms with Gasteiger partial charge in [0.25, 0.3) is 0 Å². The molecule has 0 saturated heterocycles. The zero-order chi connectivity index (χ0) is 13.2. The van der Waals surface area contributed by atoms with Crippen LogP contribution in [0.25, 0.3) is 10.9 Å². The van der Waals surface area contributed by atoms with E-state index in [1.807, 2.05) is 30.3 Å². The summed E-state index contributed by atoms with van der Waals surface area (Å²) in [6.07, 6.45) is 1.80. The minimum atomic E-state index is -0.125. The zero-order valence-corrected chi connectivity index (χ0v) is 11.8. The molecule has 0 aliphatic carbocycles. The second kappa shape index (κ2) is 5.11. The number of hydrogen-bond acceptors (Lipinski definition) is 2. The van der Waals surface area contributed by atoms with Gasteiger partial charge in [-0.15, -0.1) is 0 Å². The van der Waals surface area contributed by atoms with E-state index in [0.29, 0.717) is 0 Å². The van der Waals surface area contributed by atoms with E-state index in [-0.39, 0.29) is 6.04 Å². The molecule has 0 fully saturated rings. The highest BCUT2D eigenvalue weighted by Crippen LogP contribution is 2.24. The van der Waals surface area contributed by atoms with Crippen molar-refractivity contribution in [2.24, 2.45) is 5.73 Å². The highest BCUT2D eigenvalue weighted by atomic mass is 79.9. The Morgan fingerprint density at radius 2 is 1.68 bits per heavy atom. The van der Waals surface area contributed by atoms with Gasteiger partial charge in [0, 0.05) is 16.1 Å². The van der Waals surface area contributed by atoms with Gasteiger partial charge in [-0.1, -0.05) is 46.3 Å². The number of hydrogen-bond donors (Lipinski definition) is 1. The van der Waals surface area contributed by atoms with Crippen LogP contribution in [0.1, 0.15) is 17.2 Å². The average Bonchev–Trinajstić information content (AvgIpc) is 2.47. The van der Waals surface area contributed by atoms with Crippen LogP contribution in [-0.4, -0.2) is 4.98 Å². The highest BCUT2D eigenvalue weighted by molar-refractivity contribution is 9.10. The Hall–Kier alpha value is -1.71. The van der Waals surface area contributed by atoms with Gasteiger partial charge in [-0.3, -0.25) is 4.98 Å². The Kier molecular flexibility index (Phi) is 3.32. The molecule has 0 spiro atoms. The van der Waals surface area contributed by atoms with Crippen LogP contribution >= 0.6 is 15.9 Å². The number of pyridine rings is 1. The molecule has 3 aromatic rings. The van der Waals surface area contributed by atoms with Gasteiger partial charge in [0.2, 0.25) is 0 Å². The van der Waals surface area contributed by atoms with Crippen LogP contribution in [0.4, 0.5) is 0 Å². The lowest BCUT2D eigenvalue weighted by Gasteiger charge is -2.13. The van der Waals surface area contributed by atoms with Crippen LogP contribution in [0, 0.1) is 0 Å². The Balaban J connectivity index is 2.01. The van der Waals surface area contributed by atoms with Crippen LogP contribution in [-0.2, 0) is 0 Å². The summed E-state index contributed by atoms with van der Waals surface area (Å²) in [5.41, 5.74) is 9.47. The van der Waals surface area contributed by atoms with Crippen molar-refractivity contribution in [2.45, 2.75) is 6.04 Å². The molecule has 0 amide bonds.